The molecule has 0 aliphatic rings. The molecule has 0 atom stereocenters. The lowest BCUT2D eigenvalue weighted by molar-refractivity contribution is 0.623. The first-order valence-corrected chi connectivity index (χ1v) is 7.50. The zero-order valence-corrected chi connectivity index (χ0v) is 14.6. The lowest BCUT2D eigenvalue weighted by atomic mass is 10.2. The molecule has 0 saturated carbocycles. The summed E-state index contributed by atoms with van der Waals surface area (Å²) in [6.45, 7) is 0. The second kappa shape index (κ2) is 8.61. The van der Waals surface area contributed by atoms with Crippen LogP contribution < -0.4 is 5.73 Å². The van der Waals surface area contributed by atoms with Crippen LogP contribution in [-0.2, 0) is 0 Å². The highest BCUT2D eigenvalue weighted by atomic mass is 79.9. The molecule has 0 aromatic heterocycles. The molecule has 0 radical (unpaired) electrons. The molecule has 0 heterocycles. The number of nitriles is 1. The highest BCUT2D eigenvalue weighted by molar-refractivity contribution is 9.10. The zero-order chi connectivity index (χ0) is 16.7. The fourth-order valence-corrected chi connectivity index (χ4v) is 2.06. The summed E-state index contributed by atoms with van der Waals surface area (Å²) in [5.74, 6) is -0.649. The molecule has 0 aliphatic carbocycles. The molecule has 0 saturated heterocycles. The van der Waals surface area contributed by atoms with Gasteiger partial charge in [-0.2, -0.15) is 5.26 Å². The first-order valence-electron chi connectivity index (χ1n) is 5.92. The number of halogens is 4. The Bertz CT molecular complexity index is 740. The molecule has 2 N–H and O–H groups in total. The summed E-state index contributed by atoms with van der Waals surface area (Å²) >= 11 is 6.22. The van der Waals surface area contributed by atoms with Crippen LogP contribution in [0.5, 0.6) is 0 Å². The Balaban J connectivity index is 0.000000224. The van der Waals surface area contributed by atoms with Crippen LogP contribution in [0, 0.1) is 23.0 Å². The van der Waals surface area contributed by atoms with Crippen molar-refractivity contribution in [3.05, 3.63) is 68.1 Å². The van der Waals surface area contributed by atoms with Crippen LogP contribution in [0.15, 0.2) is 50.3 Å². The highest BCUT2D eigenvalue weighted by Crippen LogP contribution is 2.15. The second-order valence-electron chi connectivity index (χ2n) is 3.97. The number of hydrogen-bond acceptors (Lipinski definition) is 2. The van der Waals surface area contributed by atoms with Gasteiger partial charge in [0.15, 0.2) is 0 Å². The molecule has 2 aromatic carbocycles. The molecular formula is C15H11Br2F2N3. The molecule has 0 fully saturated rings. The zero-order valence-electron chi connectivity index (χ0n) is 11.4. The molecule has 0 amide bonds. The molecular weight excluding hydrogens is 420 g/mol. The van der Waals surface area contributed by atoms with E-state index in [0.717, 1.165) is 0 Å². The summed E-state index contributed by atoms with van der Waals surface area (Å²) in [7, 11) is 1.52. The Morgan fingerprint density at radius 3 is 2.09 bits per heavy atom. The van der Waals surface area contributed by atoms with E-state index in [1.807, 2.05) is 0 Å². The fourth-order valence-electron chi connectivity index (χ4n) is 1.40. The van der Waals surface area contributed by atoms with E-state index in [1.54, 1.807) is 24.3 Å². The van der Waals surface area contributed by atoms with Crippen molar-refractivity contribution in [1.82, 2.24) is 0 Å². The molecule has 0 unspecified atom stereocenters. The van der Waals surface area contributed by atoms with E-state index in [1.165, 1.54) is 25.2 Å². The number of benzene rings is 2. The Morgan fingerprint density at radius 1 is 1.09 bits per heavy atom. The van der Waals surface area contributed by atoms with E-state index < -0.39 is 5.82 Å². The monoisotopic (exact) mass is 429 g/mol. The second-order valence-corrected chi connectivity index (χ2v) is 5.80. The summed E-state index contributed by atoms with van der Waals surface area (Å²) in [6, 6.07) is 10.7. The van der Waals surface area contributed by atoms with Crippen molar-refractivity contribution < 1.29 is 8.78 Å². The molecule has 114 valence electrons. The van der Waals surface area contributed by atoms with Crippen molar-refractivity contribution in [3.63, 3.8) is 0 Å². The van der Waals surface area contributed by atoms with Gasteiger partial charge in [-0.05, 0) is 36.4 Å². The van der Waals surface area contributed by atoms with Crippen LogP contribution in [0.3, 0.4) is 0 Å². The molecule has 0 spiro atoms. The van der Waals surface area contributed by atoms with Gasteiger partial charge in [-0.1, -0.05) is 31.9 Å². The Hall–Kier alpha value is -1.78. The van der Waals surface area contributed by atoms with Crippen LogP contribution in [0.2, 0.25) is 0 Å². The molecule has 7 heteroatoms. The summed E-state index contributed by atoms with van der Waals surface area (Å²) in [5, 5.41) is 8.30. The normalized spacial score (nSPS) is 10.5. The average molecular weight is 431 g/mol. The van der Waals surface area contributed by atoms with E-state index in [4.69, 9.17) is 11.0 Å². The maximum Gasteiger partial charge on any atom is 0.142 e. The smallest absolute Gasteiger partial charge is 0.142 e. The van der Waals surface area contributed by atoms with E-state index >= 15 is 0 Å². The van der Waals surface area contributed by atoms with E-state index in [0.29, 0.717) is 14.5 Å². The highest BCUT2D eigenvalue weighted by Gasteiger charge is 2.04. The number of nitrogens with zero attached hydrogens (tertiary/aromatic N) is 2. The molecule has 3 nitrogen and oxygen atoms in total. The van der Waals surface area contributed by atoms with Crippen LogP contribution in [0.4, 0.5) is 8.78 Å². The topological polar surface area (TPSA) is 62.2 Å². The molecule has 0 aliphatic heterocycles. The molecule has 0 bridgehead atoms. The lowest BCUT2D eigenvalue weighted by Gasteiger charge is -2.01. The van der Waals surface area contributed by atoms with Crippen molar-refractivity contribution in [3.8, 4) is 6.07 Å². The van der Waals surface area contributed by atoms with Gasteiger partial charge < -0.3 is 5.73 Å². The minimum Gasteiger partial charge on any atom is -0.383 e. The Morgan fingerprint density at radius 2 is 1.64 bits per heavy atom. The van der Waals surface area contributed by atoms with Gasteiger partial charge in [0.2, 0.25) is 0 Å². The minimum atomic E-state index is -0.489. The van der Waals surface area contributed by atoms with Gasteiger partial charge in [-0.3, -0.25) is 4.99 Å². The van der Waals surface area contributed by atoms with Crippen molar-refractivity contribution in [2.45, 2.75) is 0 Å². The Kier molecular flexibility index (Phi) is 7.15. The van der Waals surface area contributed by atoms with Crippen molar-refractivity contribution in [1.29, 1.82) is 5.26 Å². The largest absolute Gasteiger partial charge is 0.383 e. The van der Waals surface area contributed by atoms with Gasteiger partial charge in [0.1, 0.15) is 23.5 Å². The molecule has 2 aromatic rings. The number of rotatable bonds is 1. The van der Waals surface area contributed by atoms with Gasteiger partial charge in [0, 0.05) is 16.0 Å². The summed E-state index contributed by atoms with van der Waals surface area (Å²) in [5.41, 5.74) is 5.85. The van der Waals surface area contributed by atoms with Crippen molar-refractivity contribution in [2.24, 2.45) is 10.7 Å². The first kappa shape index (κ1) is 18.3. The van der Waals surface area contributed by atoms with Gasteiger partial charge in [-0.15, -0.1) is 0 Å². The third kappa shape index (κ3) is 5.20. The van der Waals surface area contributed by atoms with Crippen LogP contribution in [0.25, 0.3) is 0 Å². The third-order valence-corrected chi connectivity index (χ3v) is 3.49. The van der Waals surface area contributed by atoms with E-state index in [9.17, 15) is 8.78 Å². The number of nitrogens with two attached hydrogens (primary N) is 1. The quantitative estimate of drug-likeness (QED) is 0.538. The van der Waals surface area contributed by atoms with Gasteiger partial charge >= 0.3 is 0 Å². The van der Waals surface area contributed by atoms with E-state index in [2.05, 4.69) is 36.9 Å². The van der Waals surface area contributed by atoms with Gasteiger partial charge in [0.05, 0.1) is 11.1 Å². The maximum atomic E-state index is 13.1. The third-order valence-electron chi connectivity index (χ3n) is 2.50. The van der Waals surface area contributed by atoms with Crippen LogP contribution in [-0.4, -0.2) is 12.9 Å². The number of aliphatic imine (C=N–C) groups is 1. The standard InChI is InChI=1S/C8H8BrFN2.C7H3BrFN/c1-12-8(11)6-3-2-5(9)4-7(6)10;8-6-2-1-5(4-10)7(9)3-6/h2-4H,1H3,(H2,11,12);1-3H. The van der Waals surface area contributed by atoms with Crippen LogP contribution >= 0.6 is 31.9 Å². The van der Waals surface area contributed by atoms with Crippen LogP contribution in [0.1, 0.15) is 11.1 Å². The maximum absolute atomic E-state index is 13.1. The predicted molar refractivity (Wildman–Crippen MR) is 89.6 cm³/mol. The number of hydrogen-bond donors (Lipinski definition) is 1. The minimum absolute atomic E-state index is 0.0724. The van der Waals surface area contributed by atoms with Crippen molar-refractivity contribution in [2.75, 3.05) is 7.05 Å². The lowest BCUT2D eigenvalue weighted by Crippen LogP contribution is -2.14. The molecule has 2 rings (SSSR count). The Labute approximate surface area is 143 Å². The summed E-state index contributed by atoms with van der Waals surface area (Å²) in [4.78, 5) is 3.69. The molecule has 22 heavy (non-hydrogen) atoms. The van der Waals surface area contributed by atoms with E-state index in [-0.39, 0.29) is 17.2 Å². The number of amidine groups is 1. The van der Waals surface area contributed by atoms with Crippen molar-refractivity contribution >= 4 is 37.7 Å². The SMILES string of the molecule is CN=C(N)c1ccc(Br)cc1F.N#Cc1ccc(Br)cc1F. The summed E-state index contributed by atoms with van der Waals surface area (Å²) < 4.78 is 27.0. The summed E-state index contributed by atoms with van der Waals surface area (Å²) in [6.07, 6.45) is 0. The van der Waals surface area contributed by atoms with Gasteiger partial charge in [0.25, 0.3) is 0 Å². The average Bonchev–Trinajstić information content (AvgIpc) is 2.47. The predicted octanol–water partition coefficient (Wildman–Crippen LogP) is 4.38. The fraction of sp³-hybridized carbons (Fsp3) is 0.0667. The van der Waals surface area contributed by atoms with Gasteiger partial charge in [-0.25, -0.2) is 8.78 Å². The first-order chi connectivity index (χ1) is 10.4.